The van der Waals surface area contributed by atoms with E-state index in [1.807, 2.05) is 24.3 Å². The van der Waals surface area contributed by atoms with Crippen LogP contribution in [-0.4, -0.2) is 24.2 Å². The van der Waals surface area contributed by atoms with Gasteiger partial charge in [0, 0.05) is 16.0 Å². The lowest BCUT2D eigenvalue weighted by atomic mass is 9.91. The zero-order chi connectivity index (χ0) is 14.8. The molecule has 1 aromatic heterocycles. The number of carbonyl (C=O) groups is 1. The Morgan fingerprint density at radius 1 is 1.33 bits per heavy atom. The molecule has 0 aliphatic carbocycles. The van der Waals surface area contributed by atoms with Crippen molar-refractivity contribution in [2.75, 3.05) is 13.1 Å². The third-order valence-corrected chi connectivity index (χ3v) is 4.37. The van der Waals surface area contributed by atoms with Crippen LogP contribution in [0.2, 0.25) is 0 Å². The van der Waals surface area contributed by atoms with Gasteiger partial charge in [-0.05, 0) is 43.6 Å². The van der Waals surface area contributed by atoms with Crippen LogP contribution in [0.4, 0.5) is 0 Å². The predicted molar refractivity (Wildman–Crippen MR) is 83.6 cm³/mol. The normalized spacial score (nSPS) is 16.0. The minimum Gasteiger partial charge on any atom is -0.478 e. The van der Waals surface area contributed by atoms with Gasteiger partial charge >= 0.3 is 5.97 Å². The van der Waals surface area contributed by atoms with Crippen molar-refractivity contribution in [1.29, 1.82) is 0 Å². The highest BCUT2D eigenvalue weighted by atomic mass is 79.9. The summed E-state index contributed by atoms with van der Waals surface area (Å²) in [6.45, 7) is 1.80. The number of rotatable bonds is 3. The van der Waals surface area contributed by atoms with Crippen molar-refractivity contribution in [2.45, 2.75) is 18.8 Å². The fraction of sp³-hybridized carbons (Fsp3) is 0.312. The SMILES string of the molecule is O=C(O)c1c(-c2cccc(Br)c2)coc1C1CCNCC1. The van der Waals surface area contributed by atoms with Gasteiger partial charge in [0.05, 0.1) is 6.26 Å². The number of carboxylic acid groups (broad SMARTS) is 1. The first-order valence-electron chi connectivity index (χ1n) is 6.98. The van der Waals surface area contributed by atoms with Crippen molar-refractivity contribution < 1.29 is 14.3 Å². The average Bonchev–Trinajstić information content (AvgIpc) is 2.93. The van der Waals surface area contributed by atoms with Crippen LogP contribution in [0.5, 0.6) is 0 Å². The zero-order valence-electron chi connectivity index (χ0n) is 11.4. The van der Waals surface area contributed by atoms with Gasteiger partial charge in [-0.15, -0.1) is 0 Å². The third-order valence-electron chi connectivity index (χ3n) is 3.88. The topological polar surface area (TPSA) is 62.5 Å². The van der Waals surface area contributed by atoms with Crippen molar-refractivity contribution in [3.8, 4) is 11.1 Å². The summed E-state index contributed by atoms with van der Waals surface area (Å²) in [5.41, 5.74) is 1.81. The second-order valence-electron chi connectivity index (χ2n) is 5.23. The Hall–Kier alpha value is -1.59. The molecule has 1 fully saturated rings. The molecule has 2 N–H and O–H groups in total. The van der Waals surface area contributed by atoms with Crippen LogP contribution >= 0.6 is 15.9 Å². The van der Waals surface area contributed by atoms with Gasteiger partial charge in [0.1, 0.15) is 11.3 Å². The Labute approximate surface area is 131 Å². The van der Waals surface area contributed by atoms with Crippen LogP contribution in [-0.2, 0) is 0 Å². The zero-order valence-corrected chi connectivity index (χ0v) is 13.0. The van der Waals surface area contributed by atoms with E-state index in [-0.39, 0.29) is 5.92 Å². The average molecular weight is 350 g/mol. The Kier molecular flexibility index (Phi) is 4.12. The highest BCUT2D eigenvalue weighted by Crippen LogP contribution is 2.36. The van der Waals surface area contributed by atoms with E-state index < -0.39 is 5.97 Å². The fourth-order valence-corrected chi connectivity index (χ4v) is 3.25. The van der Waals surface area contributed by atoms with Gasteiger partial charge in [-0.3, -0.25) is 0 Å². The molecule has 4 nitrogen and oxygen atoms in total. The smallest absolute Gasteiger partial charge is 0.339 e. The third kappa shape index (κ3) is 2.89. The van der Waals surface area contributed by atoms with E-state index >= 15 is 0 Å². The maximum atomic E-state index is 11.7. The summed E-state index contributed by atoms with van der Waals surface area (Å²) < 4.78 is 6.58. The molecule has 110 valence electrons. The van der Waals surface area contributed by atoms with Gasteiger partial charge in [-0.1, -0.05) is 28.1 Å². The summed E-state index contributed by atoms with van der Waals surface area (Å²) in [6, 6.07) is 7.61. The van der Waals surface area contributed by atoms with E-state index in [0.29, 0.717) is 16.9 Å². The van der Waals surface area contributed by atoms with E-state index in [9.17, 15) is 9.90 Å². The van der Waals surface area contributed by atoms with Crippen molar-refractivity contribution >= 4 is 21.9 Å². The molecule has 3 rings (SSSR count). The molecule has 0 radical (unpaired) electrons. The van der Waals surface area contributed by atoms with Gasteiger partial charge in [0.15, 0.2) is 0 Å². The Morgan fingerprint density at radius 3 is 2.76 bits per heavy atom. The first-order valence-corrected chi connectivity index (χ1v) is 7.77. The molecular weight excluding hydrogens is 334 g/mol. The lowest BCUT2D eigenvalue weighted by Gasteiger charge is -2.21. The predicted octanol–water partition coefficient (Wildman–Crippen LogP) is 3.87. The maximum absolute atomic E-state index is 11.7. The first kappa shape index (κ1) is 14.4. The highest BCUT2D eigenvalue weighted by Gasteiger charge is 2.28. The van der Waals surface area contributed by atoms with Gasteiger partial charge in [0.25, 0.3) is 0 Å². The quantitative estimate of drug-likeness (QED) is 0.882. The molecule has 0 unspecified atom stereocenters. The molecule has 21 heavy (non-hydrogen) atoms. The number of halogens is 1. The number of aromatic carboxylic acids is 1. The summed E-state index contributed by atoms with van der Waals surface area (Å²) in [4.78, 5) is 11.7. The van der Waals surface area contributed by atoms with Crippen LogP contribution in [0.3, 0.4) is 0 Å². The molecule has 0 atom stereocenters. The number of benzene rings is 1. The monoisotopic (exact) mass is 349 g/mol. The molecular formula is C16H16BrNO3. The minimum absolute atomic E-state index is 0.179. The van der Waals surface area contributed by atoms with Crippen LogP contribution in [0.1, 0.15) is 34.9 Å². The van der Waals surface area contributed by atoms with Crippen molar-refractivity contribution in [1.82, 2.24) is 5.32 Å². The van der Waals surface area contributed by atoms with E-state index in [0.717, 1.165) is 36.0 Å². The second-order valence-corrected chi connectivity index (χ2v) is 6.14. The summed E-state index contributed by atoms with van der Waals surface area (Å²) in [7, 11) is 0. The van der Waals surface area contributed by atoms with E-state index in [2.05, 4.69) is 21.2 Å². The van der Waals surface area contributed by atoms with E-state index in [1.165, 1.54) is 0 Å². The molecule has 0 amide bonds. The van der Waals surface area contributed by atoms with Crippen LogP contribution in [0, 0.1) is 0 Å². The number of carboxylic acids is 1. The molecule has 1 aliphatic rings. The number of furan rings is 1. The Morgan fingerprint density at radius 2 is 2.10 bits per heavy atom. The van der Waals surface area contributed by atoms with E-state index in [1.54, 1.807) is 6.26 Å². The molecule has 1 saturated heterocycles. The van der Waals surface area contributed by atoms with Crippen LogP contribution in [0.25, 0.3) is 11.1 Å². The number of hydrogen-bond donors (Lipinski definition) is 2. The van der Waals surface area contributed by atoms with Crippen LogP contribution < -0.4 is 5.32 Å². The van der Waals surface area contributed by atoms with Crippen molar-refractivity contribution in [2.24, 2.45) is 0 Å². The summed E-state index contributed by atoms with van der Waals surface area (Å²) >= 11 is 3.42. The molecule has 2 aromatic rings. The van der Waals surface area contributed by atoms with E-state index in [4.69, 9.17) is 4.42 Å². The van der Waals surface area contributed by atoms with Gasteiger partial charge in [-0.2, -0.15) is 0 Å². The lowest BCUT2D eigenvalue weighted by molar-refractivity contribution is 0.0694. The Balaban J connectivity index is 2.05. The lowest BCUT2D eigenvalue weighted by Crippen LogP contribution is -2.27. The molecule has 0 saturated carbocycles. The molecule has 0 spiro atoms. The molecule has 5 heteroatoms. The summed E-state index contributed by atoms with van der Waals surface area (Å²) in [5.74, 6) is -0.135. The molecule has 2 heterocycles. The number of piperidine rings is 1. The largest absolute Gasteiger partial charge is 0.478 e. The second kappa shape index (κ2) is 6.03. The maximum Gasteiger partial charge on any atom is 0.339 e. The van der Waals surface area contributed by atoms with Crippen molar-refractivity contribution in [3.63, 3.8) is 0 Å². The van der Waals surface area contributed by atoms with Crippen molar-refractivity contribution in [3.05, 3.63) is 46.3 Å². The van der Waals surface area contributed by atoms with Gasteiger partial charge < -0.3 is 14.8 Å². The highest BCUT2D eigenvalue weighted by molar-refractivity contribution is 9.10. The summed E-state index contributed by atoms with van der Waals surface area (Å²) in [6.07, 6.45) is 3.39. The Bertz CT molecular complexity index is 659. The standard InChI is InChI=1S/C16H16BrNO3/c17-12-3-1-2-11(8-12)13-9-21-15(14(13)16(19)20)10-4-6-18-7-5-10/h1-3,8-10,18H,4-7H2,(H,19,20). The first-order chi connectivity index (χ1) is 10.2. The molecule has 0 bridgehead atoms. The number of hydrogen-bond acceptors (Lipinski definition) is 3. The molecule has 1 aromatic carbocycles. The summed E-state index contributed by atoms with van der Waals surface area (Å²) in [5, 5.41) is 12.9. The van der Waals surface area contributed by atoms with Gasteiger partial charge in [-0.25, -0.2) is 4.79 Å². The van der Waals surface area contributed by atoms with Crippen LogP contribution in [0.15, 0.2) is 39.4 Å². The van der Waals surface area contributed by atoms with Gasteiger partial charge in [0.2, 0.25) is 0 Å². The fourth-order valence-electron chi connectivity index (χ4n) is 2.85. The number of nitrogens with one attached hydrogen (secondary N) is 1. The molecule has 1 aliphatic heterocycles. The minimum atomic E-state index is -0.924.